The van der Waals surface area contributed by atoms with Crippen LogP contribution in [0.2, 0.25) is 0 Å². The Bertz CT molecular complexity index is 699. The van der Waals surface area contributed by atoms with Gasteiger partial charge in [-0.1, -0.05) is 24.3 Å². The number of hydrogen-bond acceptors (Lipinski definition) is 3. The maximum Gasteiger partial charge on any atom is 0.0891 e. The van der Waals surface area contributed by atoms with Gasteiger partial charge in [0.15, 0.2) is 0 Å². The monoisotopic (exact) mass is 224 g/mol. The molecular weight excluding hydrogens is 212 g/mol. The van der Waals surface area contributed by atoms with Gasteiger partial charge < -0.3 is 5.73 Å². The second kappa shape index (κ2) is 3.68. The van der Waals surface area contributed by atoms with Crippen LogP contribution < -0.4 is 5.73 Å². The zero-order chi connectivity index (χ0) is 11.8. The van der Waals surface area contributed by atoms with Crippen molar-refractivity contribution in [2.45, 2.75) is 6.04 Å². The highest BCUT2D eigenvalue weighted by Gasteiger charge is 2.13. The largest absolute Gasteiger partial charge is 0.319 e. The quantitative estimate of drug-likeness (QED) is 0.656. The molecule has 1 unspecified atom stereocenters. The molecule has 3 rings (SSSR count). The fourth-order valence-corrected chi connectivity index (χ4v) is 2.02. The van der Waals surface area contributed by atoms with Crippen molar-refractivity contribution in [2.24, 2.45) is 5.73 Å². The van der Waals surface area contributed by atoms with Crippen LogP contribution in [-0.4, -0.2) is 15.2 Å². The molecule has 1 aromatic carbocycles. The molecule has 2 heterocycles. The number of nitrogens with zero attached hydrogens (tertiary/aromatic N) is 2. The molecule has 0 fully saturated rings. The molecular formula is C13H12N4. The summed E-state index contributed by atoms with van der Waals surface area (Å²) in [6, 6.07) is 7.67. The highest BCUT2D eigenvalue weighted by atomic mass is 15.1. The first-order valence-electron chi connectivity index (χ1n) is 5.41. The van der Waals surface area contributed by atoms with Gasteiger partial charge in [-0.3, -0.25) is 5.10 Å². The fraction of sp³-hybridized carbons (Fsp3) is 0.0769. The summed E-state index contributed by atoms with van der Waals surface area (Å²) in [5, 5.41) is 9.15. The van der Waals surface area contributed by atoms with E-state index in [1.807, 2.05) is 24.3 Å². The minimum atomic E-state index is -0.289. The molecule has 0 spiro atoms. The Morgan fingerprint density at radius 3 is 2.94 bits per heavy atom. The first-order valence-corrected chi connectivity index (χ1v) is 5.41. The number of nitrogens with two attached hydrogens (primary N) is 1. The average molecular weight is 224 g/mol. The molecule has 0 amide bonds. The summed E-state index contributed by atoms with van der Waals surface area (Å²) in [6.07, 6.45) is 3.48. The summed E-state index contributed by atoms with van der Waals surface area (Å²) in [5.74, 6) is 0. The van der Waals surface area contributed by atoms with Gasteiger partial charge in [0.05, 0.1) is 29.0 Å². The van der Waals surface area contributed by atoms with E-state index < -0.39 is 0 Å². The molecule has 0 saturated carbocycles. The van der Waals surface area contributed by atoms with Crippen molar-refractivity contribution in [2.75, 3.05) is 0 Å². The SMILES string of the molecule is C=CC(N)c1nc2ccccc2c2cn[nH]c12. The fourth-order valence-electron chi connectivity index (χ4n) is 2.02. The number of pyridine rings is 1. The van der Waals surface area contributed by atoms with Gasteiger partial charge in [0.25, 0.3) is 0 Å². The van der Waals surface area contributed by atoms with Crippen LogP contribution >= 0.6 is 0 Å². The van der Waals surface area contributed by atoms with Gasteiger partial charge in [0.1, 0.15) is 0 Å². The van der Waals surface area contributed by atoms with E-state index in [2.05, 4.69) is 21.8 Å². The number of nitrogens with one attached hydrogen (secondary N) is 1. The molecule has 3 aromatic rings. The summed E-state index contributed by atoms with van der Waals surface area (Å²) in [6.45, 7) is 3.71. The van der Waals surface area contributed by atoms with Gasteiger partial charge >= 0.3 is 0 Å². The molecule has 0 radical (unpaired) electrons. The summed E-state index contributed by atoms with van der Waals surface area (Å²) in [7, 11) is 0. The molecule has 3 N–H and O–H groups in total. The number of benzene rings is 1. The molecule has 0 bridgehead atoms. The Hall–Kier alpha value is -2.20. The van der Waals surface area contributed by atoms with Crippen LogP contribution in [0.5, 0.6) is 0 Å². The second-order valence-corrected chi connectivity index (χ2v) is 3.93. The third-order valence-electron chi connectivity index (χ3n) is 2.90. The number of para-hydroxylation sites is 1. The summed E-state index contributed by atoms with van der Waals surface area (Å²) in [5.41, 5.74) is 8.58. The highest BCUT2D eigenvalue weighted by Crippen LogP contribution is 2.27. The van der Waals surface area contributed by atoms with Crippen LogP contribution in [0.25, 0.3) is 21.8 Å². The van der Waals surface area contributed by atoms with Gasteiger partial charge in [-0.15, -0.1) is 6.58 Å². The maximum absolute atomic E-state index is 5.98. The lowest BCUT2D eigenvalue weighted by molar-refractivity contribution is 0.878. The van der Waals surface area contributed by atoms with Gasteiger partial charge in [-0.2, -0.15) is 5.10 Å². The third-order valence-corrected chi connectivity index (χ3v) is 2.90. The van der Waals surface area contributed by atoms with Gasteiger partial charge in [-0.25, -0.2) is 4.98 Å². The summed E-state index contributed by atoms with van der Waals surface area (Å²) < 4.78 is 0. The average Bonchev–Trinajstić information content (AvgIpc) is 2.86. The molecule has 0 aliphatic carbocycles. The second-order valence-electron chi connectivity index (χ2n) is 3.93. The van der Waals surface area contributed by atoms with Crippen LogP contribution in [0.1, 0.15) is 11.7 Å². The summed E-state index contributed by atoms with van der Waals surface area (Å²) >= 11 is 0. The van der Waals surface area contributed by atoms with E-state index in [-0.39, 0.29) is 6.04 Å². The highest BCUT2D eigenvalue weighted by molar-refractivity contribution is 6.05. The van der Waals surface area contributed by atoms with Crippen molar-refractivity contribution in [1.82, 2.24) is 15.2 Å². The van der Waals surface area contributed by atoms with Crippen LogP contribution in [0.15, 0.2) is 43.1 Å². The minimum absolute atomic E-state index is 0.289. The molecule has 84 valence electrons. The predicted molar refractivity (Wildman–Crippen MR) is 68.5 cm³/mol. The normalized spacial score (nSPS) is 13.0. The number of aromatic amines is 1. The Labute approximate surface area is 98.2 Å². The standard InChI is InChI=1S/C13H12N4/c1-2-10(14)13-12-9(7-15-17-12)8-5-3-4-6-11(8)16-13/h2-7,10H,1,14H2,(H,15,17). The zero-order valence-corrected chi connectivity index (χ0v) is 9.22. The van der Waals surface area contributed by atoms with E-state index >= 15 is 0 Å². The lowest BCUT2D eigenvalue weighted by Crippen LogP contribution is -2.09. The van der Waals surface area contributed by atoms with E-state index in [1.54, 1.807) is 12.3 Å². The zero-order valence-electron chi connectivity index (χ0n) is 9.22. The van der Waals surface area contributed by atoms with Gasteiger partial charge in [-0.05, 0) is 6.07 Å². The lowest BCUT2D eigenvalue weighted by Gasteiger charge is -2.09. The van der Waals surface area contributed by atoms with Gasteiger partial charge in [0.2, 0.25) is 0 Å². The molecule has 0 saturated heterocycles. The Kier molecular flexibility index (Phi) is 2.16. The molecule has 4 nitrogen and oxygen atoms in total. The number of hydrogen-bond donors (Lipinski definition) is 2. The Morgan fingerprint density at radius 1 is 1.29 bits per heavy atom. The summed E-state index contributed by atoms with van der Waals surface area (Å²) in [4.78, 5) is 4.58. The maximum atomic E-state index is 5.98. The minimum Gasteiger partial charge on any atom is -0.319 e. The first-order chi connectivity index (χ1) is 8.31. The number of rotatable bonds is 2. The van der Waals surface area contributed by atoms with Crippen molar-refractivity contribution in [3.05, 3.63) is 48.8 Å². The predicted octanol–water partition coefficient (Wildman–Crippen LogP) is 2.30. The van der Waals surface area contributed by atoms with Crippen molar-refractivity contribution in [3.8, 4) is 0 Å². The van der Waals surface area contributed by atoms with E-state index in [4.69, 9.17) is 5.73 Å². The van der Waals surface area contributed by atoms with Crippen molar-refractivity contribution >= 4 is 21.8 Å². The van der Waals surface area contributed by atoms with E-state index in [1.165, 1.54) is 0 Å². The van der Waals surface area contributed by atoms with Gasteiger partial charge in [0, 0.05) is 10.8 Å². The van der Waals surface area contributed by atoms with Crippen LogP contribution in [0.4, 0.5) is 0 Å². The van der Waals surface area contributed by atoms with Crippen molar-refractivity contribution in [1.29, 1.82) is 0 Å². The smallest absolute Gasteiger partial charge is 0.0891 e. The van der Waals surface area contributed by atoms with E-state index in [0.29, 0.717) is 0 Å². The number of H-pyrrole nitrogens is 1. The number of aromatic nitrogens is 3. The molecule has 1 atom stereocenters. The van der Waals surface area contributed by atoms with E-state index in [9.17, 15) is 0 Å². The Balaban J connectivity index is 2.47. The molecule has 0 aliphatic heterocycles. The van der Waals surface area contributed by atoms with Crippen molar-refractivity contribution in [3.63, 3.8) is 0 Å². The topological polar surface area (TPSA) is 67.6 Å². The third kappa shape index (κ3) is 1.42. The molecule has 17 heavy (non-hydrogen) atoms. The molecule has 2 aromatic heterocycles. The van der Waals surface area contributed by atoms with E-state index in [0.717, 1.165) is 27.5 Å². The lowest BCUT2D eigenvalue weighted by atomic mass is 10.1. The number of fused-ring (bicyclic) bond motifs is 3. The van der Waals surface area contributed by atoms with Crippen LogP contribution in [-0.2, 0) is 0 Å². The van der Waals surface area contributed by atoms with Crippen molar-refractivity contribution < 1.29 is 0 Å². The van der Waals surface area contributed by atoms with Crippen LogP contribution in [0.3, 0.4) is 0 Å². The van der Waals surface area contributed by atoms with Crippen LogP contribution in [0, 0.1) is 0 Å². The molecule has 4 heteroatoms. The Morgan fingerprint density at radius 2 is 2.12 bits per heavy atom. The molecule has 0 aliphatic rings. The first kappa shape index (κ1) is 9.99.